The molecule has 0 aliphatic carbocycles. The zero-order valence-corrected chi connectivity index (χ0v) is 13.5. The largest absolute Gasteiger partial charge is 0.451 e. The number of aryl methyl sites for hydroxylation is 1. The van der Waals surface area contributed by atoms with E-state index < -0.39 is 0 Å². The first kappa shape index (κ1) is 16.2. The van der Waals surface area contributed by atoms with E-state index in [2.05, 4.69) is 10.3 Å². The Labute approximate surface area is 140 Å². The molecule has 3 aromatic rings. The zero-order valence-electron chi connectivity index (χ0n) is 13.5. The molecular formula is C19H20N2O3. The summed E-state index contributed by atoms with van der Waals surface area (Å²) in [5.41, 5.74) is 2.70. The molecule has 0 aliphatic rings. The number of amides is 1. The number of aromatic nitrogens is 1. The molecule has 2 N–H and O–H groups in total. The Morgan fingerprint density at radius 2 is 2.17 bits per heavy atom. The summed E-state index contributed by atoms with van der Waals surface area (Å²) in [5.74, 6) is -0.0797. The van der Waals surface area contributed by atoms with Gasteiger partial charge in [0, 0.05) is 36.3 Å². The number of carbonyl (C=O) groups is 1. The lowest BCUT2D eigenvalue weighted by Crippen LogP contribution is -2.31. The first-order valence-electron chi connectivity index (χ1n) is 7.95. The standard InChI is InChI=1S/C19H20N2O3/c1-13-5-6-17-15(8-13)10-18(24-17)19(23)21-11-14(12-22)9-16-4-2-3-7-20-16/h2-8,10,14,22H,9,11-12H2,1H3,(H,21,23). The van der Waals surface area contributed by atoms with Gasteiger partial charge in [0.15, 0.2) is 5.76 Å². The molecule has 5 nitrogen and oxygen atoms in total. The highest BCUT2D eigenvalue weighted by molar-refractivity contribution is 5.96. The minimum absolute atomic E-state index is 0.0177. The molecule has 1 amide bonds. The van der Waals surface area contributed by atoms with Gasteiger partial charge in [0.1, 0.15) is 5.58 Å². The van der Waals surface area contributed by atoms with Crippen LogP contribution >= 0.6 is 0 Å². The number of aliphatic hydroxyl groups excluding tert-OH is 1. The maximum absolute atomic E-state index is 12.3. The second-order valence-corrected chi connectivity index (χ2v) is 5.94. The quantitative estimate of drug-likeness (QED) is 0.731. The summed E-state index contributed by atoms with van der Waals surface area (Å²) < 4.78 is 5.58. The van der Waals surface area contributed by atoms with Gasteiger partial charge in [-0.3, -0.25) is 9.78 Å². The van der Waals surface area contributed by atoms with Crippen molar-refractivity contribution in [3.05, 3.63) is 65.7 Å². The van der Waals surface area contributed by atoms with Crippen LogP contribution in [0.3, 0.4) is 0 Å². The van der Waals surface area contributed by atoms with Gasteiger partial charge < -0.3 is 14.8 Å². The average molecular weight is 324 g/mol. The molecule has 1 atom stereocenters. The Morgan fingerprint density at radius 3 is 2.92 bits per heavy atom. The van der Waals surface area contributed by atoms with E-state index in [9.17, 15) is 9.90 Å². The topological polar surface area (TPSA) is 75.4 Å². The maximum atomic E-state index is 12.3. The van der Waals surface area contributed by atoms with Crippen LogP contribution in [0.5, 0.6) is 0 Å². The van der Waals surface area contributed by atoms with Crippen molar-refractivity contribution in [2.45, 2.75) is 13.3 Å². The molecule has 0 bridgehead atoms. The Kier molecular flexibility index (Phi) is 4.91. The molecule has 5 heteroatoms. The van der Waals surface area contributed by atoms with E-state index in [1.54, 1.807) is 12.3 Å². The van der Waals surface area contributed by atoms with Crippen molar-refractivity contribution < 1.29 is 14.3 Å². The molecule has 0 fully saturated rings. The van der Waals surface area contributed by atoms with E-state index in [1.165, 1.54) is 0 Å². The fourth-order valence-corrected chi connectivity index (χ4v) is 2.61. The van der Waals surface area contributed by atoms with Gasteiger partial charge in [0.25, 0.3) is 5.91 Å². The van der Waals surface area contributed by atoms with Crippen LogP contribution in [-0.2, 0) is 6.42 Å². The third-order valence-electron chi connectivity index (χ3n) is 3.93. The third-order valence-corrected chi connectivity index (χ3v) is 3.93. The minimum atomic E-state index is -0.275. The van der Waals surface area contributed by atoms with Crippen LogP contribution in [0, 0.1) is 12.8 Å². The number of fused-ring (bicyclic) bond motifs is 1. The van der Waals surface area contributed by atoms with Gasteiger partial charge in [-0.2, -0.15) is 0 Å². The summed E-state index contributed by atoms with van der Waals surface area (Å²) in [5, 5.41) is 13.2. The van der Waals surface area contributed by atoms with Crippen LogP contribution in [0.15, 0.2) is 53.1 Å². The zero-order chi connectivity index (χ0) is 16.9. The molecule has 0 saturated carbocycles. The van der Waals surface area contributed by atoms with E-state index in [-0.39, 0.29) is 24.2 Å². The second kappa shape index (κ2) is 7.27. The number of nitrogens with one attached hydrogen (secondary N) is 1. The molecule has 1 unspecified atom stereocenters. The van der Waals surface area contributed by atoms with Crippen molar-refractivity contribution in [3.8, 4) is 0 Å². The predicted octanol–water partition coefficient (Wildman–Crippen LogP) is 2.72. The lowest BCUT2D eigenvalue weighted by molar-refractivity contribution is 0.0914. The highest BCUT2D eigenvalue weighted by Crippen LogP contribution is 2.20. The number of hydrogen-bond donors (Lipinski definition) is 2. The van der Waals surface area contributed by atoms with Crippen molar-refractivity contribution in [1.82, 2.24) is 10.3 Å². The highest BCUT2D eigenvalue weighted by atomic mass is 16.3. The van der Waals surface area contributed by atoms with Crippen LogP contribution in [-0.4, -0.2) is 29.1 Å². The third kappa shape index (κ3) is 3.81. The first-order chi connectivity index (χ1) is 11.7. The second-order valence-electron chi connectivity index (χ2n) is 5.94. The number of aliphatic hydroxyl groups is 1. The molecule has 0 radical (unpaired) electrons. The van der Waals surface area contributed by atoms with Gasteiger partial charge >= 0.3 is 0 Å². The highest BCUT2D eigenvalue weighted by Gasteiger charge is 2.15. The SMILES string of the molecule is Cc1ccc2oc(C(=O)NCC(CO)Cc3ccccn3)cc2c1. The van der Waals surface area contributed by atoms with Crippen LogP contribution in [0.2, 0.25) is 0 Å². The Morgan fingerprint density at radius 1 is 1.29 bits per heavy atom. The Hall–Kier alpha value is -2.66. The number of carbonyl (C=O) groups excluding carboxylic acids is 1. The summed E-state index contributed by atoms with van der Waals surface area (Å²) in [4.78, 5) is 16.5. The van der Waals surface area contributed by atoms with Crippen LogP contribution in [0.4, 0.5) is 0 Å². The summed E-state index contributed by atoms with van der Waals surface area (Å²) in [6.45, 7) is 2.34. The number of rotatable bonds is 6. The molecule has 3 rings (SSSR count). The monoisotopic (exact) mass is 324 g/mol. The van der Waals surface area contributed by atoms with E-state index in [0.717, 1.165) is 16.6 Å². The maximum Gasteiger partial charge on any atom is 0.287 e. The van der Waals surface area contributed by atoms with Gasteiger partial charge in [-0.15, -0.1) is 0 Å². The van der Waals surface area contributed by atoms with Gasteiger partial charge in [-0.25, -0.2) is 0 Å². The molecule has 124 valence electrons. The van der Waals surface area contributed by atoms with E-state index in [0.29, 0.717) is 18.5 Å². The first-order valence-corrected chi connectivity index (χ1v) is 7.95. The molecule has 24 heavy (non-hydrogen) atoms. The van der Waals surface area contributed by atoms with Gasteiger partial charge in [-0.1, -0.05) is 17.7 Å². The van der Waals surface area contributed by atoms with E-state index in [4.69, 9.17) is 4.42 Å². The van der Waals surface area contributed by atoms with Crippen molar-refractivity contribution >= 4 is 16.9 Å². The predicted molar refractivity (Wildman–Crippen MR) is 91.8 cm³/mol. The molecule has 0 saturated heterocycles. The van der Waals surface area contributed by atoms with Gasteiger partial charge in [-0.05, 0) is 43.7 Å². The number of pyridine rings is 1. The molecular weight excluding hydrogens is 304 g/mol. The number of hydrogen-bond acceptors (Lipinski definition) is 4. The summed E-state index contributed by atoms with van der Waals surface area (Å²) in [6.07, 6.45) is 2.33. The van der Waals surface area contributed by atoms with Gasteiger partial charge in [0.2, 0.25) is 0 Å². The molecule has 0 aliphatic heterocycles. The van der Waals surface area contributed by atoms with E-state index >= 15 is 0 Å². The summed E-state index contributed by atoms with van der Waals surface area (Å²) in [6, 6.07) is 13.2. The van der Waals surface area contributed by atoms with Crippen LogP contribution < -0.4 is 5.32 Å². The fraction of sp³-hybridized carbons (Fsp3) is 0.263. The molecule has 2 heterocycles. The molecule has 1 aromatic carbocycles. The van der Waals surface area contributed by atoms with Crippen LogP contribution in [0.25, 0.3) is 11.0 Å². The van der Waals surface area contributed by atoms with Crippen molar-refractivity contribution in [1.29, 1.82) is 0 Å². The Balaban J connectivity index is 1.62. The normalized spacial score (nSPS) is 12.2. The fourth-order valence-electron chi connectivity index (χ4n) is 2.61. The van der Waals surface area contributed by atoms with Crippen molar-refractivity contribution in [3.63, 3.8) is 0 Å². The summed E-state index contributed by atoms with van der Waals surface area (Å²) in [7, 11) is 0. The average Bonchev–Trinajstić information content (AvgIpc) is 3.02. The number of nitrogens with zero attached hydrogens (tertiary/aromatic N) is 1. The van der Waals surface area contributed by atoms with Crippen molar-refractivity contribution in [2.75, 3.05) is 13.2 Å². The van der Waals surface area contributed by atoms with Crippen molar-refractivity contribution in [2.24, 2.45) is 5.92 Å². The Bertz CT molecular complexity index is 827. The lowest BCUT2D eigenvalue weighted by atomic mass is 10.0. The van der Waals surface area contributed by atoms with Crippen LogP contribution in [0.1, 0.15) is 21.8 Å². The lowest BCUT2D eigenvalue weighted by Gasteiger charge is -2.14. The number of furan rings is 1. The molecule has 2 aromatic heterocycles. The van der Waals surface area contributed by atoms with E-state index in [1.807, 2.05) is 43.3 Å². The summed E-state index contributed by atoms with van der Waals surface area (Å²) >= 11 is 0. The minimum Gasteiger partial charge on any atom is -0.451 e. The smallest absolute Gasteiger partial charge is 0.287 e. The molecule has 0 spiro atoms. The number of benzene rings is 1. The van der Waals surface area contributed by atoms with Gasteiger partial charge in [0.05, 0.1) is 0 Å².